The molecule has 4 aliphatic carbocycles. The topological polar surface area (TPSA) is 100 Å². The highest BCUT2D eigenvalue weighted by Crippen LogP contribution is 2.67. The van der Waals surface area contributed by atoms with Gasteiger partial charge in [-0.25, -0.2) is 4.79 Å². The van der Waals surface area contributed by atoms with E-state index in [4.69, 9.17) is 9.47 Å². The van der Waals surface area contributed by atoms with Crippen molar-refractivity contribution in [1.82, 2.24) is 10.6 Å². The molecule has 3 saturated carbocycles. The third-order valence-corrected chi connectivity index (χ3v) is 11.6. The quantitative estimate of drug-likeness (QED) is 0.358. The molecule has 4 fully saturated rings. The zero-order valence-corrected chi connectivity index (χ0v) is 25.6. The first-order valence-corrected chi connectivity index (χ1v) is 15.9. The van der Waals surface area contributed by atoms with Crippen LogP contribution in [-0.2, 0) is 16.0 Å². The van der Waals surface area contributed by atoms with Crippen molar-refractivity contribution in [3.05, 3.63) is 46.5 Å². The number of benzene rings is 1. The first kappa shape index (κ1) is 29.2. The molecule has 1 heterocycles. The number of nitrogens with one attached hydrogen (secondary N) is 2. The van der Waals surface area contributed by atoms with Gasteiger partial charge in [0.05, 0.1) is 24.4 Å². The van der Waals surface area contributed by atoms with Gasteiger partial charge in [0.25, 0.3) is 0 Å². The molecular formula is C34H50N2O5. The van der Waals surface area contributed by atoms with Gasteiger partial charge in [-0.2, -0.15) is 0 Å². The van der Waals surface area contributed by atoms with Gasteiger partial charge in [0.15, 0.2) is 5.79 Å². The van der Waals surface area contributed by atoms with Crippen molar-refractivity contribution in [1.29, 1.82) is 0 Å². The average molecular weight is 567 g/mol. The van der Waals surface area contributed by atoms with Gasteiger partial charge < -0.3 is 30.3 Å². The lowest BCUT2D eigenvalue weighted by molar-refractivity contribution is -0.322. The molecule has 4 unspecified atom stereocenters. The number of allylic oxidation sites excluding steroid dienone is 1. The number of rotatable bonds is 4. The van der Waals surface area contributed by atoms with Crippen LogP contribution in [0.3, 0.4) is 0 Å². The van der Waals surface area contributed by atoms with Gasteiger partial charge >= 0.3 is 6.03 Å². The minimum Gasteiger partial charge on any atom is -0.390 e. The number of fused-ring (bicyclic) bond motifs is 4. The zero-order chi connectivity index (χ0) is 29.3. The number of urea groups is 1. The maximum atomic E-state index is 12.3. The first-order chi connectivity index (χ1) is 19.3. The monoisotopic (exact) mass is 566 g/mol. The number of aliphatic hydroxyl groups is 2. The number of hydrogen-bond donors (Lipinski definition) is 4. The van der Waals surface area contributed by atoms with E-state index >= 15 is 0 Å². The first-order valence-electron chi connectivity index (χ1n) is 15.9. The van der Waals surface area contributed by atoms with Crippen molar-refractivity contribution < 1.29 is 24.5 Å². The molecule has 0 aromatic heterocycles. The molecule has 2 amide bonds. The number of carbonyl (C=O) groups is 1. The Kier molecular flexibility index (Phi) is 7.16. The second kappa shape index (κ2) is 10.1. The predicted molar refractivity (Wildman–Crippen MR) is 158 cm³/mol. The molecule has 1 aromatic carbocycles. The van der Waals surface area contributed by atoms with Crippen LogP contribution < -0.4 is 10.6 Å². The van der Waals surface area contributed by atoms with E-state index in [2.05, 4.69) is 55.7 Å². The lowest BCUT2D eigenvalue weighted by Crippen LogP contribution is -2.58. The minimum absolute atomic E-state index is 0.00983. The summed E-state index contributed by atoms with van der Waals surface area (Å²) >= 11 is 0. The highest BCUT2D eigenvalue weighted by Gasteiger charge is 2.63. The third-order valence-electron chi connectivity index (χ3n) is 11.6. The SMILES string of the molecule is CCNC(=O)NCc1ccc(C2CC3(C)C(CC[C@]3(C)O)C3CC[C@@]4(O)CC5(CCC4=C23)OCC(C)(C)CO5)cc1. The highest BCUT2D eigenvalue weighted by molar-refractivity contribution is 5.73. The summed E-state index contributed by atoms with van der Waals surface area (Å²) in [4.78, 5) is 11.9. The van der Waals surface area contributed by atoms with Crippen molar-refractivity contribution in [2.24, 2.45) is 22.7 Å². The molecule has 6 rings (SSSR count). The van der Waals surface area contributed by atoms with Crippen molar-refractivity contribution in [3.8, 4) is 0 Å². The Morgan fingerprint density at radius 2 is 1.68 bits per heavy atom. The van der Waals surface area contributed by atoms with Gasteiger partial charge in [-0.1, -0.05) is 50.6 Å². The van der Waals surface area contributed by atoms with E-state index in [0.717, 1.165) is 50.5 Å². The van der Waals surface area contributed by atoms with E-state index in [1.54, 1.807) is 0 Å². The molecule has 1 aromatic rings. The van der Waals surface area contributed by atoms with Gasteiger partial charge in [0, 0.05) is 42.7 Å². The van der Waals surface area contributed by atoms with Crippen molar-refractivity contribution in [2.75, 3.05) is 19.8 Å². The fraction of sp³-hybridized carbons (Fsp3) is 0.735. The van der Waals surface area contributed by atoms with E-state index < -0.39 is 17.0 Å². The second-order valence-electron chi connectivity index (χ2n) is 15.0. The molecule has 1 spiro atoms. The molecule has 0 bridgehead atoms. The van der Waals surface area contributed by atoms with Crippen LogP contribution in [0.15, 0.2) is 35.4 Å². The Hall–Kier alpha value is -1.93. The average Bonchev–Trinajstić information content (AvgIpc) is 3.17. The maximum absolute atomic E-state index is 12.3. The standard InChI is InChI=1S/C34H50N2O5/c1-6-35-29(37)36-18-22-7-9-23(10-8-22)25-17-31(4)26(12-14-32(31,5)38)24-11-15-33(39)19-34(16-13-27(33)28(24)25)40-20-30(2,3)21-41-34/h7-10,24-26,38-39H,6,11-21H2,1-5H3,(H2,35,36,37)/t24?,25?,26?,31?,32-,33+/m0/s1. The number of ether oxygens (including phenoxy) is 2. The van der Waals surface area contributed by atoms with Gasteiger partial charge in [0.1, 0.15) is 0 Å². The van der Waals surface area contributed by atoms with E-state index in [9.17, 15) is 15.0 Å². The summed E-state index contributed by atoms with van der Waals surface area (Å²) in [6.45, 7) is 13.0. The molecule has 226 valence electrons. The van der Waals surface area contributed by atoms with E-state index in [0.29, 0.717) is 44.6 Å². The minimum atomic E-state index is -0.921. The molecular weight excluding hydrogens is 516 g/mol. The fourth-order valence-electron chi connectivity index (χ4n) is 9.05. The van der Waals surface area contributed by atoms with Crippen LogP contribution in [-0.4, -0.2) is 53.0 Å². The molecule has 1 saturated heterocycles. The van der Waals surface area contributed by atoms with E-state index in [1.165, 1.54) is 16.7 Å². The van der Waals surface area contributed by atoms with Gasteiger partial charge in [-0.3, -0.25) is 0 Å². The Balaban J connectivity index is 1.34. The van der Waals surface area contributed by atoms with E-state index in [-0.39, 0.29) is 22.8 Å². The highest BCUT2D eigenvalue weighted by atomic mass is 16.7. The Labute approximate surface area is 245 Å². The summed E-state index contributed by atoms with van der Waals surface area (Å²) in [6.07, 6.45) is 6.44. The number of carbonyl (C=O) groups excluding carboxylic acids is 1. The Morgan fingerprint density at radius 3 is 2.37 bits per heavy atom. The molecule has 4 N–H and O–H groups in total. The normalized spacial score (nSPS) is 39.0. The third kappa shape index (κ3) is 4.95. The van der Waals surface area contributed by atoms with Crippen LogP contribution >= 0.6 is 0 Å². The maximum Gasteiger partial charge on any atom is 0.315 e. The van der Waals surface area contributed by atoms with Crippen LogP contribution in [0.25, 0.3) is 0 Å². The lowest BCUT2D eigenvalue weighted by Gasteiger charge is -2.58. The van der Waals surface area contributed by atoms with Gasteiger partial charge in [-0.15, -0.1) is 0 Å². The fourth-order valence-corrected chi connectivity index (χ4v) is 9.05. The summed E-state index contributed by atoms with van der Waals surface area (Å²) in [6, 6.07) is 8.46. The molecule has 7 nitrogen and oxygen atoms in total. The summed E-state index contributed by atoms with van der Waals surface area (Å²) in [5, 5.41) is 29.7. The molecule has 0 radical (unpaired) electrons. The van der Waals surface area contributed by atoms with E-state index in [1.807, 2.05) is 13.8 Å². The predicted octanol–water partition coefficient (Wildman–Crippen LogP) is 5.55. The van der Waals surface area contributed by atoms with Gasteiger partial charge in [0.2, 0.25) is 0 Å². The Morgan fingerprint density at radius 1 is 0.976 bits per heavy atom. The molecule has 5 aliphatic rings. The van der Waals surface area contributed by atoms with Crippen molar-refractivity contribution in [3.63, 3.8) is 0 Å². The lowest BCUT2D eigenvalue weighted by atomic mass is 9.50. The smallest absolute Gasteiger partial charge is 0.315 e. The van der Waals surface area contributed by atoms with Crippen LogP contribution in [0.1, 0.15) is 103 Å². The summed E-state index contributed by atoms with van der Waals surface area (Å²) < 4.78 is 12.8. The molecule has 6 atom stereocenters. The van der Waals surface area contributed by atoms with Crippen LogP contribution in [0.4, 0.5) is 4.79 Å². The molecule has 41 heavy (non-hydrogen) atoms. The second-order valence-corrected chi connectivity index (χ2v) is 15.0. The number of amides is 2. The summed E-state index contributed by atoms with van der Waals surface area (Å²) in [7, 11) is 0. The van der Waals surface area contributed by atoms with Gasteiger partial charge in [-0.05, 0) is 80.9 Å². The molecule has 7 heteroatoms. The largest absolute Gasteiger partial charge is 0.390 e. The van der Waals surface area contributed by atoms with Crippen LogP contribution in [0, 0.1) is 22.7 Å². The van der Waals surface area contributed by atoms with Crippen LogP contribution in [0.2, 0.25) is 0 Å². The molecule has 1 aliphatic heterocycles. The Bertz CT molecular complexity index is 1200. The van der Waals surface area contributed by atoms with Crippen molar-refractivity contribution >= 4 is 6.03 Å². The van der Waals surface area contributed by atoms with Crippen LogP contribution in [0.5, 0.6) is 0 Å². The zero-order valence-electron chi connectivity index (χ0n) is 25.6. The van der Waals surface area contributed by atoms with Crippen molar-refractivity contribution in [2.45, 2.75) is 115 Å². The summed E-state index contributed by atoms with van der Waals surface area (Å²) in [5.41, 5.74) is 3.12. The number of hydrogen-bond acceptors (Lipinski definition) is 5. The summed E-state index contributed by atoms with van der Waals surface area (Å²) in [5.74, 6) is 0.220.